The summed E-state index contributed by atoms with van der Waals surface area (Å²) in [6.07, 6.45) is 1.73. The third-order valence-corrected chi connectivity index (χ3v) is 4.65. The Balaban J connectivity index is 1.73. The Hall–Kier alpha value is -3.54. The molecule has 4 aromatic rings. The van der Waals surface area contributed by atoms with Crippen molar-refractivity contribution in [3.05, 3.63) is 76.7 Å². The summed E-state index contributed by atoms with van der Waals surface area (Å²) in [5.74, 6) is 1.29. The smallest absolute Gasteiger partial charge is 0.252 e. The molecular formula is C23H23N5O. The van der Waals surface area contributed by atoms with Crippen molar-refractivity contribution in [2.45, 2.75) is 26.7 Å². The van der Waals surface area contributed by atoms with Gasteiger partial charge in [0.1, 0.15) is 0 Å². The van der Waals surface area contributed by atoms with E-state index < -0.39 is 0 Å². The zero-order chi connectivity index (χ0) is 20.2. The lowest BCUT2D eigenvalue weighted by molar-refractivity contribution is 0.581. The van der Waals surface area contributed by atoms with Gasteiger partial charge in [-0.15, -0.1) is 0 Å². The topological polar surface area (TPSA) is 83.6 Å². The number of nitrogens with zero attached hydrogens (tertiary/aromatic N) is 3. The van der Waals surface area contributed by atoms with E-state index in [4.69, 9.17) is 4.98 Å². The lowest BCUT2D eigenvalue weighted by Gasteiger charge is -2.11. The first-order valence-corrected chi connectivity index (χ1v) is 9.78. The van der Waals surface area contributed by atoms with Gasteiger partial charge in [0, 0.05) is 22.7 Å². The highest BCUT2D eigenvalue weighted by molar-refractivity contribution is 5.93. The molecule has 0 saturated carbocycles. The quantitative estimate of drug-likeness (QED) is 0.502. The van der Waals surface area contributed by atoms with Crippen molar-refractivity contribution in [3.8, 4) is 11.3 Å². The molecule has 6 heteroatoms. The van der Waals surface area contributed by atoms with Crippen molar-refractivity contribution in [1.82, 2.24) is 19.9 Å². The van der Waals surface area contributed by atoms with Crippen molar-refractivity contribution in [2.75, 3.05) is 5.32 Å². The summed E-state index contributed by atoms with van der Waals surface area (Å²) in [7, 11) is 0. The minimum absolute atomic E-state index is 0.190. The van der Waals surface area contributed by atoms with Crippen LogP contribution in [0.4, 0.5) is 11.9 Å². The molecule has 0 atom stereocenters. The van der Waals surface area contributed by atoms with Crippen LogP contribution in [0.2, 0.25) is 0 Å². The molecule has 0 amide bonds. The molecule has 2 aromatic carbocycles. The fourth-order valence-electron chi connectivity index (χ4n) is 3.19. The van der Waals surface area contributed by atoms with E-state index in [9.17, 15) is 4.79 Å². The fourth-order valence-corrected chi connectivity index (χ4v) is 3.19. The maximum atomic E-state index is 12.1. The molecule has 29 heavy (non-hydrogen) atoms. The molecule has 146 valence electrons. The third kappa shape index (κ3) is 4.48. The molecule has 6 nitrogen and oxygen atoms in total. The molecule has 2 aromatic heterocycles. The molecule has 2 heterocycles. The molecule has 0 saturated heterocycles. The van der Waals surface area contributed by atoms with E-state index in [2.05, 4.69) is 34.1 Å². The standard InChI is InChI=1S/C23H23N5O/c1-15(2)12-13-17-14-20(29)26-22(24-17)28-23-25-19-11-7-6-10-18(19)21(27-23)16-8-4-3-5-9-16/h3-11,14-15H,12-13H2,1-2H3,(H2,24,25,26,27,28,29). The van der Waals surface area contributed by atoms with Crippen molar-refractivity contribution >= 4 is 22.8 Å². The molecule has 0 aliphatic rings. The molecule has 0 fully saturated rings. The van der Waals surface area contributed by atoms with Gasteiger partial charge in [0.25, 0.3) is 5.56 Å². The molecule has 0 radical (unpaired) electrons. The average molecular weight is 385 g/mol. The first-order valence-electron chi connectivity index (χ1n) is 9.78. The summed E-state index contributed by atoms with van der Waals surface area (Å²) >= 11 is 0. The Morgan fingerprint density at radius 1 is 0.966 bits per heavy atom. The van der Waals surface area contributed by atoms with Gasteiger partial charge < -0.3 is 0 Å². The average Bonchev–Trinajstić information content (AvgIpc) is 2.72. The van der Waals surface area contributed by atoms with Crippen LogP contribution in [0.3, 0.4) is 0 Å². The van der Waals surface area contributed by atoms with E-state index in [1.165, 1.54) is 0 Å². The van der Waals surface area contributed by atoms with Crippen LogP contribution in [-0.2, 0) is 6.42 Å². The highest BCUT2D eigenvalue weighted by atomic mass is 16.1. The van der Waals surface area contributed by atoms with E-state index in [1.807, 2.05) is 54.6 Å². The Kier molecular flexibility index (Phi) is 5.33. The summed E-state index contributed by atoms with van der Waals surface area (Å²) in [6.45, 7) is 4.31. The third-order valence-electron chi connectivity index (χ3n) is 4.65. The van der Waals surface area contributed by atoms with Gasteiger partial charge in [-0.3, -0.25) is 15.1 Å². The van der Waals surface area contributed by atoms with Gasteiger partial charge in [0.2, 0.25) is 11.9 Å². The normalized spacial score (nSPS) is 11.1. The van der Waals surface area contributed by atoms with Gasteiger partial charge in [-0.25, -0.2) is 15.0 Å². The second-order valence-electron chi connectivity index (χ2n) is 7.42. The number of para-hydroxylation sites is 1. The summed E-state index contributed by atoms with van der Waals surface area (Å²) in [5.41, 5.74) is 3.22. The number of fused-ring (bicyclic) bond motifs is 1. The van der Waals surface area contributed by atoms with Gasteiger partial charge in [-0.05, 0) is 24.8 Å². The number of aryl methyl sites for hydroxylation is 1. The van der Waals surface area contributed by atoms with Crippen molar-refractivity contribution in [3.63, 3.8) is 0 Å². The van der Waals surface area contributed by atoms with Crippen molar-refractivity contribution < 1.29 is 0 Å². The molecule has 0 spiro atoms. The van der Waals surface area contributed by atoms with Crippen LogP contribution >= 0.6 is 0 Å². The van der Waals surface area contributed by atoms with Crippen LogP contribution in [0.5, 0.6) is 0 Å². The minimum atomic E-state index is -0.190. The van der Waals surface area contributed by atoms with Crippen molar-refractivity contribution in [2.24, 2.45) is 5.92 Å². The largest absolute Gasteiger partial charge is 0.294 e. The second-order valence-corrected chi connectivity index (χ2v) is 7.42. The number of aromatic amines is 1. The predicted molar refractivity (Wildman–Crippen MR) is 116 cm³/mol. The van der Waals surface area contributed by atoms with Gasteiger partial charge >= 0.3 is 0 Å². The second kappa shape index (κ2) is 8.22. The van der Waals surface area contributed by atoms with Gasteiger partial charge in [0.15, 0.2) is 0 Å². The van der Waals surface area contributed by atoms with E-state index >= 15 is 0 Å². The van der Waals surface area contributed by atoms with Crippen LogP contribution in [0, 0.1) is 5.92 Å². The summed E-state index contributed by atoms with van der Waals surface area (Å²) in [6, 6.07) is 19.4. The van der Waals surface area contributed by atoms with Crippen LogP contribution in [0.25, 0.3) is 22.2 Å². The number of hydrogen-bond acceptors (Lipinski definition) is 5. The first kappa shape index (κ1) is 18.8. The monoisotopic (exact) mass is 385 g/mol. The van der Waals surface area contributed by atoms with E-state index in [0.29, 0.717) is 17.8 Å². The molecule has 0 aliphatic heterocycles. The van der Waals surface area contributed by atoms with E-state index in [-0.39, 0.29) is 5.56 Å². The lowest BCUT2D eigenvalue weighted by atomic mass is 10.1. The van der Waals surface area contributed by atoms with Crippen LogP contribution in [0.15, 0.2) is 65.5 Å². The maximum Gasteiger partial charge on any atom is 0.252 e. The highest BCUT2D eigenvalue weighted by Gasteiger charge is 2.11. The van der Waals surface area contributed by atoms with Gasteiger partial charge in [-0.2, -0.15) is 0 Å². The Morgan fingerprint density at radius 2 is 1.72 bits per heavy atom. The number of aromatic nitrogens is 4. The molecule has 2 N–H and O–H groups in total. The predicted octanol–water partition coefficient (Wildman–Crippen LogP) is 4.71. The summed E-state index contributed by atoms with van der Waals surface area (Å²) < 4.78 is 0. The number of hydrogen-bond donors (Lipinski definition) is 2. The Bertz CT molecular complexity index is 1180. The molecule has 0 unspecified atom stereocenters. The maximum absolute atomic E-state index is 12.1. The zero-order valence-electron chi connectivity index (χ0n) is 16.5. The fraction of sp³-hybridized carbons (Fsp3) is 0.217. The van der Waals surface area contributed by atoms with Crippen LogP contribution in [-0.4, -0.2) is 19.9 Å². The summed E-state index contributed by atoms with van der Waals surface area (Å²) in [5, 5.41) is 4.06. The van der Waals surface area contributed by atoms with Crippen LogP contribution in [0.1, 0.15) is 26.0 Å². The van der Waals surface area contributed by atoms with E-state index in [1.54, 1.807) is 6.07 Å². The highest BCUT2D eigenvalue weighted by Crippen LogP contribution is 2.27. The number of rotatable bonds is 6. The lowest BCUT2D eigenvalue weighted by Crippen LogP contribution is -2.13. The Labute approximate surface area is 169 Å². The molecular weight excluding hydrogens is 362 g/mol. The SMILES string of the molecule is CC(C)CCc1cc(=O)[nH]c(Nc2nc(-c3ccccc3)c3ccccc3n2)n1. The van der Waals surface area contributed by atoms with Gasteiger partial charge in [-0.1, -0.05) is 62.4 Å². The van der Waals surface area contributed by atoms with E-state index in [0.717, 1.165) is 40.7 Å². The molecule has 0 bridgehead atoms. The van der Waals surface area contributed by atoms with Gasteiger partial charge in [0.05, 0.1) is 11.2 Å². The number of H-pyrrole nitrogens is 1. The van der Waals surface area contributed by atoms with Crippen LogP contribution < -0.4 is 10.9 Å². The number of nitrogens with one attached hydrogen (secondary N) is 2. The number of anilines is 2. The first-order chi connectivity index (χ1) is 14.1. The van der Waals surface area contributed by atoms with Crippen molar-refractivity contribution in [1.29, 1.82) is 0 Å². The Morgan fingerprint density at radius 3 is 2.52 bits per heavy atom. The summed E-state index contributed by atoms with van der Waals surface area (Å²) in [4.78, 5) is 28.7. The molecule has 0 aliphatic carbocycles. The minimum Gasteiger partial charge on any atom is -0.294 e. The number of benzene rings is 2. The molecule has 4 rings (SSSR count). The zero-order valence-corrected chi connectivity index (χ0v) is 16.5.